The molecule has 0 amide bonds. The van der Waals surface area contributed by atoms with Crippen molar-refractivity contribution < 1.29 is 0 Å². The van der Waals surface area contributed by atoms with Crippen molar-refractivity contribution in [2.75, 3.05) is 39.8 Å². The van der Waals surface area contributed by atoms with Crippen molar-refractivity contribution in [3.63, 3.8) is 0 Å². The number of rotatable bonds is 3. The predicted molar refractivity (Wildman–Crippen MR) is 83.2 cm³/mol. The van der Waals surface area contributed by atoms with Gasteiger partial charge in [0, 0.05) is 44.6 Å². The topological polar surface area (TPSA) is 43.2 Å². The van der Waals surface area contributed by atoms with Gasteiger partial charge in [-0.3, -0.25) is 0 Å². The second kappa shape index (κ2) is 6.21. The number of hydrogen-bond donors (Lipinski definition) is 0. The van der Waals surface area contributed by atoms with Crippen molar-refractivity contribution in [2.24, 2.45) is 0 Å². The average molecular weight is 292 g/mol. The van der Waals surface area contributed by atoms with Gasteiger partial charge in [-0.25, -0.2) is 4.98 Å². The monoisotopic (exact) mass is 292 g/mol. The summed E-state index contributed by atoms with van der Waals surface area (Å²) in [6.07, 6.45) is 0.957. The zero-order valence-electron chi connectivity index (χ0n) is 12.9. The molecule has 0 N–H and O–H groups in total. The van der Waals surface area contributed by atoms with Crippen molar-refractivity contribution in [3.8, 4) is 6.07 Å². The summed E-state index contributed by atoms with van der Waals surface area (Å²) in [6.45, 7) is 12.0. The highest BCUT2D eigenvalue weighted by molar-refractivity contribution is 7.12. The van der Waals surface area contributed by atoms with Crippen LogP contribution in [0.1, 0.15) is 36.3 Å². The molecular weight excluding hydrogens is 268 g/mol. The maximum Gasteiger partial charge on any atom is 0.128 e. The number of aromatic nitrogens is 1. The Morgan fingerprint density at radius 2 is 1.90 bits per heavy atom. The summed E-state index contributed by atoms with van der Waals surface area (Å²) in [6, 6.07) is 2.30. The molecule has 1 saturated heterocycles. The number of nitriles is 1. The maximum atomic E-state index is 9.25. The zero-order chi connectivity index (χ0) is 14.8. The van der Waals surface area contributed by atoms with E-state index in [0.717, 1.165) is 54.7 Å². The highest BCUT2D eigenvalue weighted by Gasteiger charge is 2.23. The molecule has 110 valence electrons. The molecule has 20 heavy (non-hydrogen) atoms. The molecule has 0 atom stereocenters. The van der Waals surface area contributed by atoms with E-state index < -0.39 is 0 Å². The van der Waals surface area contributed by atoms with Crippen LogP contribution in [0.3, 0.4) is 0 Å². The molecule has 0 unspecified atom stereocenters. The van der Waals surface area contributed by atoms with Crippen LogP contribution in [0, 0.1) is 11.3 Å². The van der Waals surface area contributed by atoms with Crippen LogP contribution >= 0.6 is 11.3 Å². The molecule has 0 bridgehead atoms. The minimum Gasteiger partial charge on any atom is -0.304 e. The van der Waals surface area contributed by atoms with Crippen molar-refractivity contribution in [1.82, 2.24) is 14.8 Å². The summed E-state index contributed by atoms with van der Waals surface area (Å²) >= 11 is 1.57. The number of likely N-dealkylation sites (N-methyl/N-ethyl adjacent to an activating group) is 1. The Balaban J connectivity index is 1.97. The fourth-order valence-electron chi connectivity index (χ4n) is 2.38. The lowest BCUT2D eigenvalue weighted by molar-refractivity contribution is 0.155. The van der Waals surface area contributed by atoms with E-state index in [0.29, 0.717) is 0 Å². The third kappa shape index (κ3) is 3.78. The van der Waals surface area contributed by atoms with Gasteiger partial charge in [-0.2, -0.15) is 5.26 Å². The lowest BCUT2D eigenvalue weighted by Gasteiger charge is -2.32. The fourth-order valence-corrected chi connectivity index (χ4v) is 3.44. The van der Waals surface area contributed by atoms with Gasteiger partial charge in [0.25, 0.3) is 0 Å². The molecular formula is C15H24N4S. The lowest BCUT2D eigenvalue weighted by Crippen LogP contribution is -2.45. The van der Waals surface area contributed by atoms with Gasteiger partial charge in [-0.1, -0.05) is 20.8 Å². The van der Waals surface area contributed by atoms with Gasteiger partial charge in [-0.05, 0) is 7.05 Å². The van der Waals surface area contributed by atoms with Crippen LogP contribution in [-0.4, -0.2) is 54.6 Å². The minimum absolute atomic E-state index is 0.0480. The second-order valence-electron chi connectivity index (χ2n) is 6.54. The van der Waals surface area contributed by atoms with Gasteiger partial charge in [0.15, 0.2) is 0 Å². The van der Waals surface area contributed by atoms with Crippen LogP contribution in [0.15, 0.2) is 0 Å². The highest BCUT2D eigenvalue weighted by Crippen LogP contribution is 2.29. The largest absolute Gasteiger partial charge is 0.304 e. The third-order valence-electron chi connectivity index (χ3n) is 3.72. The Morgan fingerprint density at radius 3 is 2.40 bits per heavy atom. The van der Waals surface area contributed by atoms with E-state index in [1.54, 1.807) is 11.3 Å². The van der Waals surface area contributed by atoms with E-state index in [1.165, 1.54) is 0 Å². The van der Waals surface area contributed by atoms with Gasteiger partial charge in [0.1, 0.15) is 10.9 Å². The first-order chi connectivity index (χ1) is 9.40. The lowest BCUT2D eigenvalue weighted by atomic mass is 9.91. The minimum atomic E-state index is -0.0480. The molecule has 1 fully saturated rings. The van der Waals surface area contributed by atoms with Gasteiger partial charge in [-0.15, -0.1) is 11.3 Å². The summed E-state index contributed by atoms with van der Waals surface area (Å²) in [4.78, 5) is 10.4. The molecule has 0 aromatic carbocycles. The quantitative estimate of drug-likeness (QED) is 0.856. The molecule has 0 saturated carbocycles. The maximum absolute atomic E-state index is 9.25. The Labute approximate surface area is 126 Å². The van der Waals surface area contributed by atoms with E-state index in [2.05, 4.69) is 43.7 Å². The molecule has 1 aromatic rings. The van der Waals surface area contributed by atoms with Crippen molar-refractivity contribution >= 4 is 11.3 Å². The Hall–Kier alpha value is -0.960. The number of nitrogens with zero attached hydrogens (tertiary/aromatic N) is 4. The van der Waals surface area contributed by atoms with E-state index >= 15 is 0 Å². The summed E-state index contributed by atoms with van der Waals surface area (Å²) in [5.41, 5.74) is 0.909. The Bertz CT molecular complexity index is 487. The third-order valence-corrected chi connectivity index (χ3v) is 4.74. The average Bonchev–Trinajstić information content (AvgIpc) is 2.81. The summed E-state index contributed by atoms with van der Waals surface area (Å²) in [7, 11) is 2.17. The number of hydrogen-bond acceptors (Lipinski definition) is 5. The number of thiazole rings is 1. The molecule has 0 aliphatic carbocycles. The first kappa shape index (κ1) is 15.4. The van der Waals surface area contributed by atoms with E-state index in [-0.39, 0.29) is 5.41 Å². The van der Waals surface area contributed by atoms with Crippen LogP contribution in [0.4, 0.5) is 0 Å². The van der Waals surface area contributed by atoms with Crippen LogP contribution in [0.2, 0.25) is 0 Å². The van der Waals surface area contributed by atoms with Crippen LogP contribution in [0.25, 0.3) is 0 Å². The van der Waals surface area contributed by atoms with E-state index in [9.17, 15) is 5.26 Å². The van der Waals surface area contributed by atoms with E-state index in [4.69, 9.17) is 4.98 Å². The predicted octanol–water partition coefficient (Wildman–Crippen LogP) is 2.10. The van der Waals surface area contributed by atoms with Crippen LogP contribution < -0.4 is 0 Å². The zero-order valence-corrected chi connectivity index (χ0v) is 13.8. The smallest absolute Gasteiger partial charge is 0.128 e. The molecule has 4 nitrogen and oxygen atoms in total. The van der Waals surface area contributed by atoms with Crippen LogP contribution in [-0.2, 0) is 11.8 Å². The molecule has 2 heterocycles. The molecule has 2 rings (SSSR count). The highest BCUT2D eigenvalue weighted by atomic mass is 32.1. The van der Waals surface area contributed by atoms with Crippen molar-refractivity contribution in [2.45, 2.75) is 32.6 Å². The van der Waals surface area contributed by atoms with Crippen LogP contribution in [0.5, 0.6) is 0 Å². The molecule has 1 aliphatic heterocycles. The van der Waals surface area contributed by atoms with Crippen molar-refractivity contribution in [1.29, 1.82) is 5.26 Å². The standard InChI is InChI=1S/C15H24N4S/c1-15(2,3)14-12(11-16)20-13(17-14)5-6-19-9-7-18(4)8-10-19/h5-10H2,1-4H3. The van der Waals surface area contributed by atoms with Gasteiger partial charge >= 0.3 is 0 Å². The molecule has 5 heteroatoms. The fraction of sp³-hybridized carbons (Fsp3) is 0.733. The number of piperazine rings is 1. The summed E-state index contributed by atoms with van der Waals surface area (Å²) in [5, 5.41) is 10.3. The summed E-state index contributed by atoms with van der Waals surface area (Å²) < 4.78 is 0. The first-order valence-electron chi connectivity index (χ1n) is 7.21. The molecule has 1 aliphatic rings. The Morgan fingerprint density at radius 1 is 1.25 bits per heavy atom. The van der Waals surface area contributed by atoms with E-state index in [1.807, 2.05) is 0 Å². The first-order valence-corrected chi connectivity index (χ1v) is 8.03. The SMILES string of the molecule is CN1CCN(CCc2nc(C(C)(C)C)c(C#N)s2)CC1. The van der Waals surface area contributed by atoms with Gasteiger partial charge < -0.3 is 9.80 Å². The normalized spacial score (nSPS) is 18.1. The van der Waals surface area contributed by atoms with Gasteiger partial charge in [0.05, 0.1) is 10.7 Å². The molecule has 0 spiro atoms. The summed E-state index contributed by atoms with van der Waals surface area (Å²) in [5.74, 6) is 0. The molecule has 1 aromatic heterocycles. The second-order valence-corrected chi connectivity index (χ2v) is 7.63. The molecule has 0 radical (unpaired) electrons. The Kier molecular flexibility index (Phi) is 4.79. The van der Waals surface area contributed by atoms with Crippen molar-refractivity contribution in [3.05, 3.63) is 15.6 Å². The van der Waals surface area contributed by atoms with Gasteiger partial charge in [0.2, 0.25) is 0 Å².